The maximum absolute atomic E-state index is 5.96. The molecule has 1 fully saturated rings. The molecule has 0 N–H and O–H groups in total. The fourth-order valence-corrected chi connectivity index (χ4v) is 2.01. The molecule has 1 aliphatic heterocycles. The first-order valence-corrected chi connectivity index (χ1v) is 6.05. The Labute approximate surface area is 98.7 Å². The van der Waals surface area contributed by atoms with Gasteiger partial charge in [-0.2, -0.15) is 0 Å². The van der Waals surface area contributed by atoms with Crippen molar-refractivity contribution in [2.24, 2.45) is 0 Å². The molecule has 2 rings (SSSR count). The summed E-state index contributed by atoms with van der Waals surface area (Å²) in [6, 6.07) is 6.13. The number of benzene rings is 1. The van der Waals surface area contributed by atoms with Crippen LogP contribution in [0.1, 0.15) is 18.4 Å². The van der Waals surface area contributed by atoms with Gasteiger partial charge in [0.15, 0.2) is 0 Å². The van der Waals surface area contributed by atoms with Crippen LogP contribution >= 0.6 is 15.9 Å². The summed E-state index contributed by atoms with van der Waals surface area (Å²) in [5.41, 5.74) is 1.18. The Hall–Kier alpha value is -0.540. The van der Waals surface area contributed by atoms with Gasteiger partial charge in [-0.05, 0) is 24.6 Å². The van der Waals surface area contributed by atoms with Crippen LogP contribution in [0.25, 0.3) is 0 Å². The zero-order chi connectivity index (χ0) is 10.7. The van der Waals surface area contributed by atoms with E-state index in [4.69, 9.17) is 9.47 Å². The number of rotatable bonds is 2. The molecule has 0 amide bonds. The number of ether oxygens (including phenoxy) is 2. The standard InChI is InChI=1S/C12H15BrO2/c1-9-2-3-10(13)8-12(9)15-11-4-6-14-7-5-11/h2-3,8,11H,4-7H2,1H3. The molecule has 3 heteroatoms. The molecular weight excluding hydrogens is 256 g/mol. The van der Waals surface area contributed by atoms with E-state index in [2.05, 4.69) is 28.9 Å². The van der Waals surface area contributed by atoms with E-state index in [1.54, 1.807) is 0 Å². The Morgan fingerprint density at radius 3 is 2.80 bits per heavy atom. The summed E-state index contributed by atoms with van der Waals surface area (Å²) in [6.45, 7) is 3.70. The third-order valence-electron chi connectivity index (χ3n) is 2.61. The average molecular weight is 271 g/mol. The fourth-order valence-electron chi connectivity index (χ4n) is 1.67. The summed E-state index contributed by atoms with van der Waals surface area (Å²) in [4.78, 5) is 0. The lowest BCUT2D eigenvalue weighted by Crippen LogP contribution is -2.26. The van der Waals surface area contributed by atoms with Gasteiger partial charge in [0.2, 0.25) is 0 Å². The summed E-state index contributed by atoms with van der Waals surface area (Å²) < 4.78 is 12.3. The number of hydrogen-bond acceptors (Lipinski definition) is 2. The second-order valence-corrected chi connectivity index (χ2v) is 4.76. The van der Waals surface area contributed by atoms with Crippen molar-refractivity contribution in [3.8, 4) is 5.75 Å². The van der Waals surface area contributed by atoms with E-state index in [0.717, 1.165) is 36.3 Å². The smallest absolute Gasteiger partial charge is 0.123 e. The summed E-state index contributed by atoms with van der Waals surface area (Å²) in [6.07, 6.45) is 2.30. The predicted octanol–water partition coefficient (Wildman–Crippen LogP) is 3.32. The van der Waals surface area contributed by atoms with Gasteiger partial charge < -0.3 is 9.47 Å². The molecule has 0 radical (unpaired) electrons. The molecule has 82 valence electrons. The molecule has 2 nitrogen and oxygen atoms in total. The second-order valence-electron chi connectivity index (χ2n) is 3.84. The van der Waals surface area contributed by atoms with Crippen molar-refractivity contribution < 1.29 is 9.47 Å². The van der Waals surface area contributed by atoms with Crippen LogP contribution in [0, 0.1) is 6.92 Å². The van der Waals surface area contributed by atoms with Crippen molar-refractivity contribution in [1.29, 1.82) is 0 Å². The van der Waals surface area contributed by atoms with Crippen molar-refractivity contribution in [2.75, 3.05) is 13.2 Å². The Bertz CT molecular complexity index is 332. The van der Waals surface area contributed by atoms with Gasteiger partial charge in [0, 0.05) is 17.3 Å². The highest BCUT2D eigenvalue weighted by atomic mass is 79.9. The van der Waals surface area contributed by atoms with Crippen LogP contribution in [0.15, 0.2) is 22.7 Å². The second kappa shape index (κ2) is 4.99. The molecule has 1 saturated heterocycles. The van der Waals surface area contributed by atoms with Gasteiger partial charge in [-0.1, -0.05) is 22.0 Å². The third kappa shape index (κ3) is 2.95. The average Bonchev–Trinajstić information content (AvgIpc) is 2.25. The molecule has 1 aliphatic rings. The molecule has 0 saturated carbocycles. The topological polar surface area (TPSA) is 18.5 Å². The molecular formula is C12H15BrO2. The van der Waals surface area contributed by atoms with Crippen LogP contribution in [0.2, 0.25) is 0 Å². The summed E-state index contributed by atoms with van der Waals surface area (Å²) in [5.74, 6) is 0.983. The van der Waals surface area contributed by atoms with E-state index in [-0.39, 0.29) is 0 Å². The van der Waals surface area contributed by atoms with Gasteiger partial charge in [0.25, 0.3) is 0 Å². The zero-order valence-corrected chi connectivity index (χ0v) is 10.4. The van der Waals surface area contributed by atoms with Crippen LogP contribution in [0.5, 0.6) is 5.75 Å². The minimum atomic E-state index is 0.312. The summed E-state index contributed by atoms with van der Waals surface area (Å²) >= 11 is 3.46. The van der Waals surface area contributed by atoms with Crippen molar-refractivity contribution >= 4 is 15.9 Å². The number of aryl methyl sites for hydroxylation is 1. The van der Waals surface area contributed by atoms with Gasteiger partial charge in [0.1, 0.15) is 11.9 Å². The molecule has 0 atom stereocenters. The van der Waals surface area contributed by atoms with E-state index in [9.17, 15) is 0 Å². The first-order valence-electron chi connectivity index (χ1n) is 5.26. The Morgan fingerprint density at radius 1 is 1.33 bits per heavy atom. The van der Waals surface area contributed by atoms with Gasteiger partial charge in [-0.25, -0.2) is 0 Å². The SMILES string of the molecule is Cc1ccc(Br)cc1OC1CCOCC1. The van der Waals surface area contributed by atoms with Crippen molar-refractivity contribution in [3.63, 3.8) is 0 Å². The molecule has 0 unspecified atom stereocenters. The number of halogens is 1. The Balaban J connectivity index is 2.05. The lowest BCUT2D eigenvalue weighted by atomic mass is 10.1. The van der Waals surface area contributed by atoms with Crippen LogP contribution in [-0.2, 0) is 4.74 Å². The molecule has 0 spiro atoms. The van der Waals surface area contributed by atoms with Crippen molar-refractivity contribution in [1.82, 2.24) is 0 Å². The Kier molecular flexibility index (Phi) is 3.65. The molecule has 0 aliphatic carbocycles. The first kappa shape index (κ1) is 11.0. The molecule has 15 heavy (non-hydrogen) atoms. The maximum atomic E-state index is 5.96. The molecule has 1 heterocycles. The van der Waals surface area contributed by atoms with E-state index in [1.165, 1.54) is 5.56 Å². The van der Waals surface area contributed by atoms with Gasteiger partial charge in [-0.3, -0.25) is 0 Å². The van der Waals surface area contributed by atoms with E-state index >= 15 is 0 Å². The van der Waals surface area contributed by atoms with Crippen LogP contribution < -0.4 is 4.74 Å². The quantitative estimate of drug-likeness (QED) is 0.821. The summed E-state index contributed by atoms with van der Waals surface area (Å²) in [7, 11) is 0. The molecule has 1 aromatic rings. The summed E-state index contributed by atoms with van der Waals surface area (Å²) in [5, 5.41) is 0. The maximum Gasteiger partial charge on any atom is 0.123 e. The van der Waals surface area contributed by atoms with Gasteiger partial charge in [-0.15, -0.1) is 0 Å². The molecule has 0 bridgehead atoms. The fraction of sp³-hybridized carbons (Fsp3) is 0.500. The highest BCUT2D eigenvalue weighted by Gasteiger charge is 2.16. The highest BCUT2D eigenvalue weighted by Crippen LogP contribution is 2.25. The normalized spacial score (nSPS) is 17.7. The number of hydrogen-bond donors (Lipinski definition) is 0. The van der Waals surface area contributed by atoms with Crippen molar-refractivity contribution in [2.45, 2.75) is 25.9 Å². The van der Waals surface area contributed by atoms with E-state index < -0.39 is 0 Å². The van der Waals surface area contributed by atoms with E-state index in [1.807, 2.05) is 12.1 Å². The predicted molar refractivity (Wildman–Crippen MR) is 63.3 cm³/mol. The Morgan fingerprint density at radius 2 is 2.07 bits per heavy atom. The van der Waals surface area contributed by atoms with Crippen LogP contribution in [0.4, 0.5) is 0 Å². The first-order chi connectivity index (χ1) is 7.25. The van der Waals surface area contributed by atoms with Crippen LogP contribution in [0.3, 0.4) is 0 Å². The third-order valence-corrected chi connectivity index (χ3v) is 3.11. The molecule has 0 aromatic heterocycles. The monoisotopic (exact) mass is 270 g/mol. The lowest BCUT2D eigenvalue weighted by Gasteiger charge is -2.24. The van der Waals surface area contributed by atoms with Crippen molar-refractivity contribution in [3.05, 3.63) is 28.2 Å². The largest absolute Gasteiger partial charge is 0.490 e. The van der Waals surface area contributed by atoms with Gasteiger partial charge >= 0.3 is 0 Å². The highest BCUT2D eigenvalue weighted by molar-refractivity contribution is 9.10. The molecule has 1 aromatic carbocycles. The minimum Gasteiger partial charge on any atom is -0.490 e. The van der Waals surface area contributed by atoms with E-state index in [0.29, 0.717) is 6.10 Å². The zero-order valence-electron chi connectivity index (χ0n) is 8.83. The van der Waals surface area contributed by atoms with Crippen LogP contribution in [-0.4, -0.2) is 19.3 Å². The lowest BCUT2D eigenvalue weighted by molar-refractivity contribution is 0.0253. The minimum absolute atomic E-state index is 0.312. The van der Waals surface area contributed by atoms with Gasteiger partial charge in [0.05, 0.1) is 13.2 Å².